The third kappa shape index (κ3) is 6.28. The normalized spacial score (nSPS) is 38.9. The first-order valence-electron chi connectivity index (χ1n) is 12.9. The molecule has 0 aromatic heterocycles. The van der Waals surface area contributed by atoms with Crippen LogP contribution in [0.4, 0.5) is 8.78 Å². The van der Waals surface area contributed by atoms with E-state index >= 15 is 0 Å². The highest BCUT2D eigenvalue weighted by atomic mass is 19.3. The maximum atomic E-state index is 12.2. The van der Waals surface area contributed by atoms with Gasteiger partial charge in [0.15, 0.2) is 6.29 Å². The zero-order chi connectivity index (χ0) is 20.8. The summed E-state index contributed by atoms with van der Waals surface area (Å²) < 4.78 is 36.8. The van der Waals surface area contributed by atoms with Crippen LogP contribution in [0.5, 0.6) is 0 Å². The molecule has 3 aliphatic carbocycles. The van der Waals surface area contributed by atoms with Crippen molar-refractivity contribution in [3.05, 3.63) is 12.2 Å². The molecule has 4 fully saturated rings. The molecule has 0 bridgehead atoms. The summed E-state index contributed by atoms with van der Waals surface area (Å²) in [5, 5.41) is 0. The molecule has 1 saturated heterocycles. The van der Waals surface area contributed by atoms with E-state index < -0.39 is 6.08 Å². The van der Waals surface area contributed by atoms with Gasteiger partial charge in [-0.2, -0.15) is 8.78 Å². The van der Waals surface area contributed by atoms with Crippen LogP contribution in [-0.2, 0) is 9.47 Å². The quantitative estimate of drug-likeness (QED) is 0.434. The molecule has 4 heteroatoms. The minimum Gasteiger partial charge on any atom is -0.352 e. The van der Waals surface area contributed by atoms with E-state index in [0.717, 1.165) is 43.5 Å². The van der Waals surface area contributed by atoms with Crippen molar-refractivity contribution >= 4 is 0 Å². The van der Waals surface area contributed by atoms with Crippen LogP contribution in [0, 0.1) is 35.5 Å². The topological polar surface area (TPSA) is 18.5 Å². The lowest BCUT2D eigenvalue weighted by atomic mass is 9.67. The van der Waals surface area contributed by atoms with Gasteiger partial charge in [0.05, 0.1) is 13.2 Å². The van der Waals surface area contributed by atoms with Crippen LogP contribution >= 0.6 is 0 Å². The molecule has 172 valence electrons. The van der Waals surface area contributed by atoms with Gasteiger partial charge in [0.2, 0.25) is 0 Å². The predicted octanol–water partition coefficient (Wildman–Crippen LogP) is 7.73. The summed E-state index contributed by atoms with van der Waals surface area (Å²) in [6.07, 6.45) is 18.4. The molecular weight excluding hydrogens is 382 g/mol. The van der Waals surface area contributed by atoms with E-state index in [4.69, 9.17) is 9.47 Å². The van der Waals surface area contributed by atoms with Gasteiger partial charge in [-0.05, 0) is 94.0 Å². The lowest BCUT2D eigenvalue weighted by Gasteiger charge is -2.42. The molecular formula is C26H42F2O2. The Bertz CT molecular complexity index is 517. The van der Waals surface area contributed by atoms with Crippen molar-refractivity contribution in [1.29, 1.82) is 0 Å². The Morgan fingerprint density at radius 3 is 1.73 bits per heavy atom. The molecule has 4 aliphatic rings. The van der Waals surface area contributed by atoms with Gasteiger partial charge in [0, 0.05) is 11.8 Å². The van der Waals surface area contributed by atoms with Crippen molar-refractivity contribution in [2.75, 3.05) is 13.2 Å². The third-order valence-electron chi connectivity index (χ3n) is 8.90. The molecule has 0 amide bonds. The molecule has 0 aromatic carbocycles. The summed E-state index contributed by atoms with van der Waals surface area (Å²) in [5.74, 6) is 4.47. The fourth-order valence-electron chi connectivity index (χ4n) is 6.95. The number of rotatable bonds is 6. The highest BCUT2D eigenvalue weighted by Crippen LogP contribution is 2.44. The average Bonchev–Trinajstić information content (AvgIpc) is 2.80. The molecule has 3 saturated carbocycles. The molecule has 0 atom stereocenters. The summed E-state index contributed by atoms with van der Waals surface area (Å²) in [6.45, 7) is 1.82. The number of halogens is 2. The van der Waals surface area contributed by atoms with Crippen LogP contribution in [0.15, 0.2) is 12.2 Å². The molecule has 0 spiro atoms. The van der Waals surface area contributed by atoms with Gasteiger partial charge in [0.1, 0.15) is 0 Å². The number of allylic oxidation sites excluding steroid dienone is 1. The SMILES string of the molecule is FC(F)=CCCC1CCC(C2CCC(C3COC(C4CCCCC4)OC3)CC2)CC1. The summed E-state index contributed by atoms with van der Waals surface area (Å²) in [4.78, 5) is 0. The summed E-state index contributed by atoms with van der Waals surface area (Å²) in [7, 11) is 0. The van der Waals surface area contributed by atoms with E-state index in [2.05, 4.69) is 0 Å². The van der Waals surface area contributed by atoms with Crippen LogP contribution in [-0.4, -0.2) is 19.5 Å². The first kappa shape index (κ1) is 22.7. The van der Waals surface area contributed by atoms with E-state index in [1.165, 1.54) is 83.5 Å². The Balaban J connectivity index is 1.13. The summed E-state index contributed by atoms with van der Waals surface area (Å²) in [5.41, 5.74) is 0. The Kier molecular flexibility index (Phi) is 8.63. The molecule has 1 aliphatic heterocycles. The molecule has 0 N–H and O–H groups in total. The van der Waals surface area contributed by atoms with Crippen LogP contribution in [0.25, 0.3) is 0 Å². The molecule has 0 aromatic rings. The Labute approximate surface area is 182 Å². The van der Waals surface area contributed by atoms with Gasteiger partial charge in [0.25, 0.3) is 6.08 Å². The van der Waals surface area contributed by atoms with E-state index in [1.54, 1.807) is 0 Å². The first-order chi connectivity index (χ1) is 14.7. The van der Waals surface area contributed by atoms with Gasteiger partial charge in [-0.3, -0.25) is 0 Å². The van der Waals surface area contributed by atoms with Gasteiger partial charge in [-0.1, -0.05) is 32.1 Å². The molecule has 1 heterocycles. The summed E-state index contributed by atoms with van der Waals surface area (Å²) >= 11 is 0. The Morgan fingerprint density at radius 2 is 1.17 bits per heavy atom. The van der Waals surface area contributed by atoms with E-state index in [0.29, 0.717) is 24.2 Å². The second-order valence-corrected chi connectivity index (χ2v) is 10.7. The van der Waals surface area contributed by atoms with Gasteiger partial charge >= 0.3 is 0 Å². The van der Waals surface area contributed by atoms with E-state index in [-0.39, 0.29) is 6.29 Å². The van der Waals surface area contributed by atoms with Gasteiger partial charge in [-0.15, -0.1) is 0 Å². The largest absolute Gasteiger partial charge is 0.352 e. The van der Waals surface area contributed by atoms with Gasteiger partial charge in [-0.25, -0.2) is 0 Å². The van der Waals surface area contributed by atoms with Crippen LogP contribution in [0.1, 0.15) is 96.3 Å². The lowest BCUT2D eigenvalue weighted by Crippen LogP contribution is -2.41. The highest BCUT2D eigenvalue weighted by molar-refractivity contribution is 4.86. The van der Waals surface area contributed by atoms with Crippen molar-refractivity contribution < 1.29 is 18.3 Å². The summed E-state index contributed by atoms with van der Waals surface area (Å²) in [6, 6.07) is 0. The van der Waals surface area contributed by atoms with E-state index in [1.807, 2.05) is 0 Å². The first-order valence-corrected chi connectivity index (χ1v) is 12.9. The maximum absolute atomic E-state index is 12.2. The van der Waals surface area contributed by atoms with E-state index in [9.17, 15) is 8.78 Å². The predicted molar refractivity (Wildman–Crippen MR) is 116 cm³/mol. The maximum Gasteiger partial charge on any atom is 0.266 e. The standard InChI is InChI=1S/C26H42F2O2/c27-25(28)8-4-5-19-9-11-20(12-10-19)21-13-15-22(16-14-21)24-17-29-26(30-18-24)23-6-2-1-3-7-23/h8,19-24,26H,1-7,9-18H2. The van der Waals surface area contributed by atoms with Crippen molar-refractivity contribution in [2.45, 2.75) is 103 Å². The van der Waals surface area contributed by atoms with Crippen LogP contribution < -0.4 is 0 Å². The van der Waals surface area contributed by atoms with Crippen LogP contribution in [0.2, 0.25) is 0 Å². The second kappa shape index (κ2) is 11.4. The lowest BCUT2D eigenvalue weighted by molar-refractivity contribution is -0.236. The third-order valence-corrected chi connectivity index (χ3v) is 8.90. The van der Waals surface area contributed by atoms with Crippen molar-refractivity contribution in [3.63, 3.8) is 0 Å². The Hall–Kier alpha value is -0.480. The molecule has 0 radical (unpaired) electrons. The van der Waals surface area contributed by atoms with Crippen molar-refractivity contribution in [2.24, 2.45) is 35.5 Å². The molecule has 4 rings (SSSR count). The van der Waals surface area contributed by atoms with Crippen molar-refractivity contribution in [3.8, 4) is 0 Å². The second-order valence-electron chi connectivity index (χ2n) is 10.7. The zero-order valence-electron chi connectivity index (χ0n) is 18.7. The monoisotopic (exact) mass is 424 g/mol. The zero-order valence-corrected chi connectivity index (χ0v) is 18.7. The van der Waals surface area contributed by atoms with Crippen LogP contribution in [0.3, 0.4) is 0 Å². The number of ether oxygens (including phenoxy) is 2. The van der Waals surface area contributed by atoms with Gasteiger partial charge < -0.3 is 9.47 Å². The molecule has 30 heavy (non-hydrogen) atoms. The average molecular weight is 425 g/mol. The number of hydrogen-bond donors (Lipinski definition) is 0. The highest BCUT2D eigenvalue weighted by Gasteiger charge is 2.37. The molecule has 0 unspecified atom stereocenters. The van der Waals surface area contributed by atoms with Crippen molar-refractivity contribution in [1.82, 2.24) is 0 Å². The fourth-order valence-corrected chi connectivity index (χ4v) is 6.95. The molecule has 2 nitrogen and oxygen atoms in total. The minimum absolute atomic E-state index is 0.0740. The fraction of sp³-hybridized carbons (Fsp3) is 0.923. The minimum atomic E-state index is -1.52. The number of hydrogen-bond acceptors (Lipinski definition) is 2. The smallest absolute Gasteiger partial charge is 0.266 e. The Morgan fingerprint density at radius 1 is 0.633 bits per heavy atom.